The normalized spacial score (nSPS) is 14.4. The number of likely N-dealkylation sites (N-methyl/N-ethyl adjacent to an activating group) is 1. The number of amides is 2. The first-order valence-electron chi connectivity index (χ1n) is 26.3. The molecule has 0 spiro atoms. The highest BCUT2D eigenvalue weighted by Crippen LogP contribution is 2.28. The Morgan fingerprint density at radius 2 is 1.37 bits per heavy atom. The lowest BCUT2D eigenvalue weighted by Gasteiger charge is -2.28. The number of aromatic nitrogens is 3. The Morgan fingerprint density at radius 1 is 0.776 bits per heavy atom. The summed E-state index contributed by atoms with van der Waals surface area (Å²) in [5.41, 5.74) is 15.8. The first-order chi connectivity index (χ1) is 37.0. The number of aryl methyl sites for hydroxylation is 2. The monoisotopic (exact) mass is 1010 g/mol. The summed E-state index contributed by atoms with van der Waals surface area (Å²) in [6, 6.07) is 49.7. The van der Waals surface area contributed by atoms with E-state index in [1.165, 1.54) is 11.1 Å². The molecule has 10 rings (SSSR count). The number of carbonyl (C=O) groups excluding carboxylic acids is 2. The van der Waals surface area contributed by atoms with Crippen LogP contribution in [0.25, 0.3) is 16.9 Å². The first-order valence-corrected chi connectivity index (χ1v) is 26.3. The third-order valence-electron chi connectivity index (χ3n) is 12.4. The number of anilines is 3. The molecule has 0 fully saturated rings. The topological polar surface area (TPSA) is 131 Å². The third kappa shape index (κ3) is 15.0. The van der Waals surface area contributed by atoms with E-state index in [-0.39, 0.29) is 23.9 Å². The predicted molar refractivity (Wildman–Crippen MR) is 316 cm³/mol. The van der Waals surface area contributed by atoms with Gasteiger partial charge in [0.2, 0.25) is 0 Å². The van der Waals surface area contributed by atoms with E-state index in [2.05, 4.69) is 109 Å². The minimum absolute atomic E-state index is 0.0114. The van der Waals surface area contributed by atoms with Crippen molar-refractivity contribution in [3.63, 3.8) is 0 Å². The molecule has 2 unspecified atom stereocenters. The molecule has 2 aliphatic heterocycles. The number of nitrogens with one attached hydrogen (secondary N) is 4. The van der Waals surface area contributed by atoms with Crippen LogP contribution in [-0.4, -0.2) is 68.2 Å². The standard InChI is InChI=1S/C31H31N5O.C21H21N5O.C8H10.2C2H6/c1-21-9-8-12-24(14-13-21)23(3)35(4)31(37)26-15-17-27(18-16-26)32-30-20-28(25-10-6-5-7-11-25)33-29-19-22(2)34-36(29)30;1-14-12-19-24-18(15-6-4-3-5-7-15)13-20(26(19)25-14)23-17-10-8-16(9-11-17)21(27)22-2;1-2-8-6-4-3-5-7-8;2*1-2/h5-12,14-20,23,32H,13H2,1-4H3;3-14,23,25H,1-2H3,(H,22,27);3-7H,2H2,1H3;2*1-2H3. The zero-order valence-electron chi connectivity index (χ0n) is 46.0. The minimum atomic E-state index is -0.0998. The number of allylic oxidation sites excluding steroid dienone is 5. The molecule has 2 aromatic heterocycles. The summed E-state index contributed by atoms with van der Waals surface area (Å²) in [5.74, 6) is 2.44. The van der Waals surface area contributed by atoms with E-state index in [9.17, 15) is 9.59 Å². The number of rotatable bonds is 11. The Balaban J connectivity index is 0.000000209. The molecule has 0 bridgehead atoms. The number of benzene rings is 5. The number of hydrogen-bond acceptors (Lipinski definition) is 9. The van der Waals surface area contributed by atoms with Crippen molar-refractivity contribution in [2.45, 2.75) is 87.2 Å². The summed E-state index contributed by atoms with van der Waals surface area (Å²) in [4.78, 5) is 36.3. The minimum Gasteiger partial charge on any atom is -0.355 e. The van der Waals surface area contributed by atoms with E-state index in [1.807, 2.05) is 168 Å². The van der Waals surface area contributed by atoms with Crippen LogP contribution in [0, 0.1) is 6.92 Å². The molecular weight excluding hydrogens is 941 g/mol. The van der Waals surface area contributed by atoms with E-state index in [4.69, 9.17) is 9.98 Å². The highest BCUT2D eigenvalue weighted by atomic mass is 16.2. The van der Waals surface area contributed by atoms with Gasteiger partial charge in [0.05, 0.1) is 23.1 Å². The Morgan fingerprint density at radius 3 is 1.97 bits per heavy atom. The molecule has 2 amide bonds. The largest absolute Gasteiger partial charge is 0.355 e. The van der Waals surface area contributed by atoms with E-state index in [0.29, 0.717) is 11.1 Å². The number of hydrogen-bond donors (Lipinski definition) is 4. The lowest BCUT2D eigenvalue weighted by molar-refractivity contribution is 0.0765. The maximum Gasteiger partial charge on any atom is 0.254 e. The van der Waals surface area contributed by atoms with Crippen LogP contribution < -0.4 is 21.4 Å². The maximum absolute atomic E-state index is 13.2. The van der Waals surface area contributed by atoms with Gasteiger partial charge in [-0.1, -0.05) is 155 Å². The van der Waals surface area contributed by atoms with Crippen molar-refractivity contribution in [1.82, 2.24) is 35.2 Å². The van der Waals surface area contributed by atoms with Gasteiger partial charge in [-0.15, -0.1) is 0 Å². The molecule has 3 aliphatic rings. The molecular formula is C64H74N10O2. The Bertz CT molecular complexity index is 3190. The zero-order chi connectivity index (χ0) is 54.6. The summed E-state index contributed by atoms with van der Waals surface area (Å²) >= 11 is 0. The van der Waals surface area contributed by atoms with Crippen molar-refractivity contribution < 1.29 is 9.59 Å². The summed E-state index contributed by atoms with van der Waals surface area (Å²) in [6.45, 7) is 18.4. The van der Waals surface area contributed by atoms with Crippen LogP contribution in [-0.2, 0) is 6.42 Å². The van der Waals surface area contributed by atoms with Gasteiger partial charge in [-0.05, 0) is 106 Å². The molecule has 0 saturated carbocycles. The molecule has 0 saturated heterocycles. The summed E-state index contributed by atoms with van der Waals surface area (Å²) in [6.07, 6.45) is 14.6. The smallest absolute Gasteiger partial charge is 0.254 e. The molecule has 12 heteroatoms. The highest BCUT2D eigenvalue weighted by Gasteiger charge is 2.28. The average molecular weight is 1020 g/mol. The second kappa shape index (κ2) is 28.2. The van der Waals surface area contributed by atoms with Gasteiger partial charge in [0.1, 0.15) is 17.5 Å². The van der Waals surface area contributed by atoms with E-state index in [0.717, 1.165) is 81.1 Å². The molecule has 7 aromatic rings. The number of aliphatic imine (C=N–C) groups is 1. The summed E-state index contributed by atoms with van der Waals surface area (Å²) in [7, 11) is 3.48. The summed E-state index contributed by atoms with van der Waals surface area (Å²) < 4.78 is 1.81. The van der Waals surface area contributed by atoms with Crippen molar-refractivity contribution in [3.05, 3.63) is 239 Å². The predicted octanol–water partition coefficient (Wildman–Crippen LogP) is 13.9. The Labute approximate surface area is 450 Å². The molecule has 4 heterocycles. The number of hydrazine groups is 1. The Hall–Kier alpha value is -8.61. The number of fused-ring (bicyclic) bond motifs is 2. The lowest BCUT2D eigenvalue weighted by atomic mass is 10.0. The average Bonchev–Trinajstić information content (AvgIpc) is 3.99. The van der Waals surface area contributed by atoms with Crippen LogP contribution in [0.3, 0.4) is 0 Å². The van der Waals surface area contributed by atoms with Gasteiger partial charge in [0.15, 0.2) is 5.65 Å². The van der Waals surface area contributed by atoms with Gasteiger partial charge < -0.3 is 20.9 Å². The fourth-order valence-electron chi connectivity index (χ4n) is 8.23. The molecule has 5 aromatic carbocycles. The van der Waals surface area contributed by atoms with E-state index < -0.39 is 0 Å². The fraction of sp³-hybridized carbons (Fsp3) is 0.234. The van der Waals surface area contributed by atoms with Gasteiger partial charge in [-0.2, -0.15) is 9.61 Å². The number of nitrogens with zero attached hydrogens (tertiary/aromatic N) is 6. The quantitative estimate of drug-likeness (QED) is 0.101. The van der Waals surface area contributed by atoms with Gasteiger partial charge in [0, 0.05) is 72.0 Å². The zero-order valence-corrected chi connectivity index (χ0v) is 46.0. The second-order valence-electron chi connectivity index (χ2n) is 17.8. The molecule has 0 radical (unpaired) electrons. The lowest BCUT2D eigenvalue weighted by Crippen LogP contribution is -2.39. The van der Waals surface area contributed by atoms with E-state index >= 15 is 0 Å². The van der Waals surface area contributed by atoms with Crippen LogP contribution in [0.4, 0.5) is 17.2 Å². The molecule has 12 nitrogen and oxygen atoms in total. The number of carbonyl (C=O) groups is 2. The van der Waals surface area contributed by atoms with Gasteiger partial charge >= 0.3 is 0 Å². The van der Waals surface area contributed by atoms with Crippen molar-refractivity contribution >= 4 is 40.4 Å². The van der Waals surface area contributed by atoms with E-state index in [1.54, 1.807) is 28.6 Å². The molecule has 1 aliphatic carbocycles. The van der Waals surface area contributed by atoms with Crippen LogP contribution in [0.15, 0.2) is 216 Å². The van der Waals surface area contributed by atoms with Crippen LogP contribution in [0.1, 0.15) is 99.3 Å². The third-order valence-corrected chi connectivity index (χ3v) is 12.4. The molecule has 4 N–H and O–H groups in total. The van der Waals surface area contributed by atoms with Crippen LogP contribution in [0.5, 0.6) is 0 Å². The molecule has 2 atom stereocenters. The van der Waals surface area contributed by atoms with Crippen LogP contribution >= 0.6 is 0 Å². The first kappa shape index (κ1) is 56.7. The van der Waals surface area contributed by atoms with Crippen LogP contribution in [0.2, 0.25) is 0 Å². The van der Waals surface area contributed by atoms with Gasteiger partial charge in [0.25, 0.3) is 11.8 Å². The van der Waals surface area contributed by atoms with Crippen molar-refractivity contribution in [1.29, 1.82) is 0 Å². The molecule has 76 heavy (non-hydrogen) atoms. The summed E-state index contributed by atoms with van der Waals surface area (Å²) in [5, 5.41) is 16.1. The highest BCUT2D eigenvalue weighted by molar-refractivity contribution is 6.10. The fourth-order valence-corrected chi connectivity index (χ4v) is 8.23. The van der Waals surface area contributed by atoms with Crippen molar-refractivity contribution in [2.24, 2.45) is 4.99 Å². The second-order valence-corrected chi connectivity index (χ2v) is 17.8. The SMILES string of the molecule is CC.CC.CC1=CC=CC(C(C)N(C)C(=O)c2ccc(Nc3cc(-c4ccccc4)nc4cc(C)nn34)cc2)=CC1.CCc1ccccc1.CNC(=O)c1ccc(NC2=CC(c3ccccc3)=NC3=CC(C)NN32)cc1. The van der Waals surface area contributed by atoms with Crippen molar-refractivity contribution in [3.8, 4) is 11.3 Å². The maximum atomic E-state index is 13.2. The van der Waals surface area contributed by atoms with Gasteiger partial charge in [-0.3, -0.25) is 9.59 Å². The Kier molecular flexibility index (Phi) is 21.0. The van der Waals surface area contributed by atoms with Gasteiger partial charge in [-0.25, -0.2) is 20.4 Å². The molecule has 392 valence electrons. The van der Waals surface area contributed by atoms with Crippen molar-refractivity contribution in [2.75, 3.05) is 24.7 Å².